The van der Waals surface area contributed by atoms with E-state index in [-0.39, 0.29) is 24.4 Å². The van der Waals surface area contributed by atoms with E-state index in [0.717, 1.165) is 38.9 Å². The Morgan fingerprint density at radius 3 is 1.46 bits per heavy atom. The molecule has 7 heteroatoms. The topological polar surface area (TPSA) is 64.6 Å². The Kier molecular flexibility index (Phi) is 12.9. The van der Waals surface area contributed by atoms with Gasteiger partial charge in [-0.2, -0.15) is 0 Å². The predicted octanol–water partition coefficient (Wildman–Crippen LogP) is 4.57. The smallest absolute Gasteiger partial charge is 0.107 e. The summed E-state index contributed by atoms with van der Waals surface area (Å²) in [5.41, 5.74) is 2.35. The van der Waals surface area contributed by atoms with Crippen LogP contribution in [0.3, 0.4) is 0 Å². The SMILES string of the molecule is c1ccc(CO[C@H]2CCCO[C@@H]2COCCOCCOC[C@H]2OCCC[C@@H]2OCc2ccccc2)cc1. The first-order chi connectivity index (χ1) is 18.4. The van der Waals surface area contributed by atoms with Crippen LogP contribution in [0.2, 0.25) is 0 Å². The minimum atomic E-state index is -0.0339. The molecule has 4 rings (SSSR count). The van der Waals surface area contributed by atoms with Crippen LogP contribution in [0.25, 0.3) is 0 Å². The molecule has 7 nitrogen and oxygen atoms in total. The maximum absolute atomic E-state index is 6.13. The lowest BCUT2D eigenvalue weighted by Crippen LogP contribution is -2.40. The Hall–Kier alpha value is -1.84. The first-order valence-electron chi connectivity index (χ1n) is 13.7. The van der Waals surface area contributed by atoms with E-state index < -0.39 is 0 Å². The van der Waals surface area contributed by atoms with Crippen LogP contribution >= 0.6 is 0 Å². The van der Waals surface area contributed by atoms with Gasteiger partial charge in [-0.05, 0) is 36.8 Å². The third kappa shape index (κ3) is 10.4. The quantitative estimate of drug-likeness (QED) is 0.304. The van der Waals surface area contributed by atoms with Crippen LogP contribution in [-0.2, 0) is 46.4 Å². The lowest BCUT2D eigenvalue weighted by atomic mass is 10.1. The zero-order chi connectivity index (χ0) is 25.4. The molecule has 2 fully saturated rings. The molecule has 0 saturated carbocycles. The highest BCUT2D eigenvalue weighted by Gasteiger charge is 2.28. The van der Waals surface area contributed by atoms with Crippen molar-refractivity contribution in [1.29, 1.82) is 0 Å². The van der Waals surface area contributed by atoms with Gasteiger partial charge >= 0.3 is 0 Å². The minimum Gasteiger partial charge on any atom is -0.377 e. The van der Waals surface area contributed by atoms with E-state index in [4.69, 9.17) is 33.2 Å². The summed E-state index contributed by atoms with van der Waals surface area (Å²) in [6.07, 6.45) is 4.09. The van der Waals surface area contributed by atoms with Gasteiger partial charge in [0.2, 0.25) is 0 Å². The van der Waals surface area contributed by atoms with E-state index in [1.165, 1.54) is 11.1 Å². The summed E-state index contributed by atoms with van der Waals surface area (Å²) in [4.78, 5) is 0. The fourth-order valence-electron chi connectivity index (χ4n) is 4.61. The molecule has 37 heavy (non-hydrogen) atoms. The van der Waals surface area contributed by atoms with Crippen LogP contribution in [0, 0.1) is 0 Å². The summed E-state index contributed by atoms with van der Waals surface area (Å²) in [7, 11) is 0. The Bertz CT molecular complexity index is 765. The van der Waals surface area contributed by atoms with Gasteiger partial charge in [0, 0.05) is 13.2 Å². The second-order valence-electron chi connectivity index (χ2n) is 9.54. The monoisotopic (exact) mass is 514 g/mol. The predicted molar refractivity (Wildman–Crippen MR) is 140 cm³/mol. The van der Waals surface area contributed by atoms with Crippen molar-refractivity contribution in [3.05, 3.63) is 71.8 Å². The molecule has 0 aromatic heterocycles. The number of benzene rings is 2. The van der Waals surface area contributed by atoms with Crippen molar-refractivity contribution >= 4 is 0 Å². The lowest BCUT2D eigenvalue weighted by Gasteiger charge is -2.31. The van der Waals surface area contributed by atoms with Crippen LogP contribution in [-0.4, -0.2) is 77.3 Å². The molecule has 0 aliphatic carbocycles. The molecule has 2 saturated heterocycles. The Morgan fingerprint density at radius 1 is 0.568 bits per heavy atom. The average Bonchev–Trinajstić information content (AvgIpc) is 2.96. The average molecular weight is 515 g/mol. The maximum Gasteiger partial charge on any atom is 0.107 e. The van der Waals surface area contributed by atoms with E-state index >= 15 is 0 Å². The molecule has 0 spiro atoms. The van der Waals surface area contributed by atoms with Crippen LogP contribution in [0.4, 0.5) is 0 Å². The molecule has 4 atom stereocenters. The highest BCUT2D eigenvalue weighted by atomic mass is 16.6. The summed E-state index contributed by atoms with van der Waals surface area (Å²) < 4.78 is 41.4. The summed E-state index contributed by atoms with van der Waals surface area (Å²) >= 11 is 0. The maximum atomic E-state index is 6.13. The molecule has 204 valence electrons. The minimum absolute atomic E-state index is 0.0339. The van der Waals surface area contributed by atoms with Gasteiger partial charge in [0.05, 0.1) is 65.1 Å². The van der Waals surface area contributed by atoms with Crippen molar-refractivity contribution in [2.75, 3.05) is 52.9 Å². The number of hydrogen-bond donors (Lipinski definition) is 0. The van der Waals surface area contributed by atoms with Gasteiger partial charge in [0.15, 0.2) is 0 Å². The zero-order valence-corrected chi connectivity index (χ0v) is 21.8. The van der Waals surface area contributed by atoms with Crippen molar-refractivity contribution in [3.63, 3.8) is 0 Å². The van der Waals surface area contributed by atoms with Crippen LogP contribution in [0.1, 0.15) is 36.8 Å². The van der Waals surface area contributed by atoms with Crippen LogP contribution in [0.5, 0.6) is 0 Å². The summed E-state index contributed by atoms with van der Waals surface area (Å²) in [6.45, 7) is 5.83. The second-order valence-corrected chi connectivity index (χ2v) is 9.54. The number of ether oxygens (including phenoxy) is 7. The highest BCUT2D eigenvalue weighted by molar-refractivity contribution is 5.14. The highest BCUT2D eigenvalue weighted by Crippen LogP contribution is 2.20. The molecule has 0 N–H and O–H groups in total. The summed E-state index contributed by atoms with van der Waals surface area (Å²) in [5, 5.41) is 0. The van der Waals surface area contributed by atoms with Gasteiger partial charge in [-0.25, -0.2) is 0 Å². The van der Waals surface area contributed by atoms with Crippen molar-refractivity contribution in [2.45, 2.75) is 63.3 Å². The van der Waals surface area contributed by atoms with Gasteiger partial charge in [0.25, 0.3) is 0 Å². The molecule has 0 unspecified atom stereocenters. The number of rotatable bonds is 16. The Morgan fingerprint density at radius 2 is 1.00 bits per heavy atom. The Labute approximate surface area is 221 Å². The number of hydrogen-bond acceptors (Lipinski definition) is 7. The standard InChI is InChI=1S/C30H42O7/c1-3-9-25(10-4-1)21-36-27-13-7-15-34-29(27)23-32-19-17-31-18-20-33-24-30-28(14-8-16-35-30)37-22-26-11-5-2-6-12-26/h1-6,9-12,27-30H,7-8,13-24H2/t27-,28-,29+,30+/m0/s1. The van der Waals surface area contributed by atoms with Crippen molar-refractivity contribution in [3.8, 4) is 0 Å². The summed E-state index contributed by atoms with van der Waals surface area (Å²) in [5.74, 6) is 0. The fraction of sp³-hybridized carbons (Fsp3) is 0.600. The molecule has 0 bridgehead atoms. The van der Waals surface area contributed by atoms with E-state index in [9.17, 15) is 0 Å². The fourth-order valence-corrected chi connectivity index (χ4v) is 4.61. The third-order valence-electron chi connectivity index (χ3n) is 6.68. The summed E-state index contributed by atoms with van der Waals surface area (Å²) in [6, 6.07) is 20.5. The van der Waals surface area contributed by atoms with E-state index in [0.29, 0.717) is 52.9 Å². The van der Waals surface area contributed by atoms with Gasteiger partial charge < -0.3 is 33.2 Å². The van der Waals surface area contributed by atoms with Crippen LogP contribution < -0.4 is 0 Å². The van der Waals surface area contributed by atoms with Crippen molar-refractivity contribution in [2.24, 2.45) is 0 Å². The van der Waals surface area contributed by atoms with Gasteiger partial charge in [0.1, 0.15) is 12.2 Å². The van der Waals surface area contributed by atoms with Gasteiger partial charge in [-0.1, -0.05) is 60.7 Å². The first kappa shape index (κ1) is 28.2. The molecule has 2 aliphatic heterocycles. The third-order valence-corrected chi connectivity index (χ3v) is 6.68. The molecule has 2 aromatic rings. The van der Waals surface area contributed by atoms with Gasteiger partial charge in [-0.3, -0.25) is 0 Å². The largest absolute Gasteiger partial charge is 0.377 e. The normalized spacial score (nSPS) is 24.2. The molecule has 2 aromatic carbocycles. The zero-order valence-electron chi connectivity index (χ0n) is 21.8. The second kappa shape index (κ2) is 16.9. The Balaban J connectivity index is 1.02. The molecular weight excluding hydrogens is 472 g/mol. The molecule has 0 amide bonds. The molecule has 0 radical (unpaired) electrons. The lowest BCUT2D eigenvalue weighted by molar-refractivity contribution is -0.141. The van der Waals surface area contributed by atoms with Crippen molar-refractivity contribution in [1.82, 2.24) is 0 Å². The van der Waals surface area contributed by atoms with Crippen LogP contribution in [0.15, 0.2) is 60.7 Å². The van der Waals surface area contributed by atoms with Gasteiger partial charge in [-0.15, -0.1) is 0 Å². The van der Waals surface area contributed by atoms with E-state index in [1.807, 2.05) is 36.4 Å². The van der Waals surface area contributed by atoms with Crippen molar-refractivity contribution < 1.29 is 33.2 Å². The first-order valence-corrected chi connectivity index (χ1v) is 13.7. The molecule has 2 aliphatic rings. The molecular formula is C30H42O7. The van der Waals surface area contributed by atoms with E-state index in [1.54, 1.807) is 0 Å². The van der Waals surface area contributed by atoms with E-state index in [2.05, 4.69) is 24.3 Å². The molecule has 2 heterocycles.